The number of rotatable bonds is 3. The monoisotopic (exact) mass is 315 g/mol. The molecule has 0 N–H and O–H groups in total. The van der Waals surface area contributed by atoms with E-state index in [1.807, 2.05) is 6.07 Å². The van der Waals surface area contributed by atoms with E-state index < -0.39 is 11.6 Å². The number of thioether (sulfide) groups is 1. The highest BCUT2D eigenvalue weighted by molar-refractivity contribution is 9.10. The van der Waals surface area contributed by atoms with Gasteiger partial charge in [-0.3, -0.25) is 4.98 Å². The summed E-state index contributed by atoms with van der Waals surface area (Å²) >= 11 is 4.63. The van der Waals surface area contributed by atoms with Crippen LogP contribution in [0, 0.1) is 11.6 Å². The predicted octanol–water partition coefficient (Wildman–Crippen LogP) is 4.41. The Kier molecular flexibility index (Phi) is 4.12. The smallest absolute Gasteiger partial charge is 0.139 e. The van der Waals surface area contributed by atoms with Crippen molar-refractivity contribution < 1.29 is 8.78 Å². The van der Waals surface area contributed by atoms with Gasteiger partial charge in [0.2, 0.25) is 0 Å². The minimum Gasteiger partial charge on any atom is -0.263 e. The van der Waals surface area contributed by atoms with Crippen molar-refractivity contribution in [2.24, 2.45) is 0 Å². The highest BCUT2D eigenvalue weighted by atomic mass is 79.9. The highest BCUT2D eigenvalue weighted by Gasteiger charge is 2.05. The van der Waals surface area contributed by atoms with Gasteiger partial charge >= 0.3 is 0 Å². The standard InChI is InChI=1S/C12H8BrF2NS/c13-9-3-8(5-16-6-9)7-17-12-2-1-10(14)4-11(12)15/h1-6H,7H2. The van der Waals surface area contributed by atoms with Gasteiger partial charge in [0.1, 0.15) is 11.6 Å². The van der Waals surface area contributed by atoms with E-state index in [0.717, 1.165) is 16.1 Å². The van der Waals surface area contributed by atoms with Gasteiger partial charge < -0.3 is 0 Å². The van der Waals surface area contributed by atoms with E-state index in [1.54, 1.807) is 12.4 Å². The third kappa shape index (κ3) is 3.51. The molecule has 0 amide bonds. The third-order valence-electron chi connectivity index (χ3n) is 2.05. The molecule has 88 valence electrons. The van der Waals surface area contributed by atoms with Gasteiger partial charge in [-0.25, -0.2) is 8.78 Å². The van der Waals surface area contributed by atoms with Crippen LogP contribution in [0.25, 0.3) is 0 Å². The van der Waals surface area contributed by atoms with Crippen molar-refractivity contribution in [3.63, 3.8) is 0 Å². The molecule has 1 aromatic carbocycles. The summed E-state index contributed by atoms with van der Waals surface area (Å²) in [4.78, 5) is 4.46. The predicted molar refractivity (Wildman–Crippen MR) is 67.9 cm³/mol. The first kappa shape index (κ1) is 12.5. The van der Waals surface area contributed by atoms with Gasteiger partial charge in [-0.15, -0.1) is 11.8 Å². The fourth-order valence-electron chi connectivity index (χ4n) is 1.29. The van der Waals surface area contributed by atoms with Gasteiger partial charge in [0.15, 0.2) is 0 Å². The van der Waals surface area contributed by atoms with Crippen molar-refractivity contribution in [3.05, 3.63) is 58.3 Å². The largest absolute Gasteiger partial charge is 0.263 e. The van der Waals surface area contributed by atoms with E-state index in [-0.39, 0.29) is 0 Å². The first-order valence-corrected chi connectivity index (χ1v) is 6.60. The average Bonchev–Trinajstić information content (AvgIpc) is 2.28. The van der Waals surface area contributed by atoms with Crippen molar-refractivity contribution in [1.29, 1.82) is 0 Å². The maximum Gasteiger partial charge on any atom is 0.139 e. The number of hydrogen-bond donors (Lipinski definition) is 0. The fraction of sp³-hybridized carbons (Fsp3) is 0.0833. The van der Waals surface area contributed by atoms with Gasteiger partial charge in [0.25, 0.3) is 0 Å². The van der Waals surface area contributed by atoms with Crippen LogP contribution in [0.2, 0.25) is 0 Å². The highest BCUT2D eigenvalue weighted by Crippen LogP contribution is 2.26. The summed E-state index contributed by atoms with van der Waals surface area (Å²) in [5.74, 6) is -0.497. The van der Waals surface area contributed by atoms with E-state index in [4.69, 9.17) is 0 Å². The van der Waals surface area contributed by atoms with Crippen LogP contribution in [0.5, 0.6) is 0 Å². The number of halogens is 3. The summed E-state index contributed by atoms with van der Waals surface area (Å²) in [7, 11) is 0. The zero-order valence-electron chi connectivity index (χ0n) is 8.66. The van der Waals surface area contributed by atoms with Crippen LogP contribution in [0.3, 0.4) is 0 Å². The molecule has 0 saturated carbocycles. The molecule has 0 aliphatic rings. The second kappa shape index (κ2) is 5.60. The molecule has 0 spiro atoms. The second-order valence-corrected chi connectivity index (χ2v) is 5.31. The van der Waals surface area contributed by atoms with Crippen molar-refractivity contribution >= 4 is 27.7 Å². The molecule has 0 unspecified atom stereocenters. The Bertz CT molecular complexity index is 534. The summed E-state index contributed by atoms with van der Waals surface area (Å²) < 4.78 is 26.9. The van der Waals surface area contributed by atoms with E-state index in [9.17, 15) is 8.78 Å². The van der Waals surface area contributed by atoms with Gasteiger partial charge in [-0.1, -0.05) is 0 Å². The van der Waals surface area contributed by atoms with Crippen molar-refractivity contribution in [3.8, 4) is 0 Å². The molecule has 0 fully saturated rings. The minimum absolute atomic E-state index is 0.436. The van der Waals surface area contributed by atoms with E-state index in [2.05, 4.69) is 20.9 Å². The lowest BCUT2D eigenvalue weighted by molar-refractivity contribution is 0.565. The van der Waals surface area contributed by atoms with Crippen molar-refractivity contribution in [1.82, 2.24) is 4.98 Å². The number of hydrogen-bond acceptors (Lipinski definition) is 2. The summed E-state index contributed by atoms with van der Waals surface area (Å²) in [5.41, 5.74) is 0.980. The van der Waals surface area contributed by atoms with E-state index in [0.29, 0.717) is 10.6 Å². The quantitative estimate of drug-likeness (QED) is 0.778. The molecule has 0 atom stereocenters. The molecule has 0 radical (unpaired) electrons. The van der Waals surface area contributed by atoms with Crippen LogP contribution in [-0.2, 0) is 5.75 Å². The number of benzene rings is 1. The average molecular weight is 316 g/mol. The molecule has 1 heterocycles. The number of pyridine rings is 1. The van der Waals surface area contributed by atoms with Crippen LogP contribution in [0.15, 0.2) is 46.0 Å². The molecule has 0 saturated heterocycles. The molecular weight excluding hydrogens is 308 g/mol. The molecule has 1 nitrogen and oxygen atoms in total. The molecule has 0 aliphatic heterocycles. The van der Waals surface area contributed by atoms with Gasteiger partial charge in [-0.2, -0.15) is 0 Å². The summed E-state index contributed by atoms with van der Waals surface area (Å²) in [6.45, 7) is 0. The van der Waals surface area contributed by atoms with Crippen LogP contribution in [0.1, 0.15) is 5.56 Å². The molecule has 1 aromatic heterocycles. The molecule has 2 aromatic rings. The van der Waals surface area contributed by atoms with Crippen molar-refractivity contribution in [2.75, 3.05) is 0 Å². The van der Waals surface area contributed by atoms with E-state index >= 15 is 0 Å². The molecular formula is C12H8BrF2NS. The van der Waals surface area contributed by atoms with Crippen LogP contribution in [0.4, 0.5) is 8.78 Å². The lowest BCUT2D eigenvalue weighted by Crippen LogP contribution is -1.86. The van der Waals surface area contributed by atoms with Gasteiger partial charge in [-0.05, 0) is 39.7 Å². The first-order chi connectivity index (χ1) is 8.15. The number of nitrogens with zero attached hydrogens (tertiary/aromatic N) is 1. The molecule has 5 heteroatoms. The number of aromatic nitrogens is 1. The van der Waals surface area contributed by atoms with Crippen LogP contribution in [-0.4, -0.2) is 4.98 Å². The zero-order valence-corrected chi connectivity index (χ0v) is 11.1. The van der Waals surface area contributed by atoms with Crippen LogP contribution >= 0.6 is 27.7 Å². The Morgan fingerprint density at radius 2 is 2.00 bits per heavy atom. The Balaban J connectivity index is 2.07. The SMILES string of the molecule is Fc1ccc(SCc2cncc(Br)c2)c(F)c1. The normalized spacial score (nSPS) is 10.5. The van der Waals surface area contributed by atoms with Crippen molar-refractivity contribution in [2.45, 2.75) is 10.6 Å². The minimum atomic E-state index is -0.559. The molecule has 2 rings (SSSR count). The fourth-order valence-corrected chi connectivity index (χ4v) is 2.54. The topological polar surface area (TPSA) is 12.9 Å². The second-order valence-electron chi connectivity index (χ2n) is 3.37. The van der Waals surface area contributed by atoms with Crippen LogP contribution < -0.4 is 0 Å². The maximum atomic E-state index is 13.3. The maximum absolute atomic E-state index is 13.3. The Morgan fingerprint density at radius 1 is 1.18 bits per heavy atom. The molecule has 0 aliphatic carbocycles. The molecule has 17 heavy (non-hydrogen) atoms. The lowest BCUT2D eigenvalue weighted by atomic mass is 10.3. The lowest BCUT2D eigenvalue weighted by Gasteiger charge is -2.03. The Labute approximate surface area is 110 Å². The summed E-state index contributed by atoms with van der Waals surface area (Å²) in [6.07, 6.45) is 3.41. The molecule has 0 bridgehead atoms. The summed E-state index contributed by atoms with van der Waals surface area (Å²) in [6, 6.07) is 5.51. The summed E-state index contributed by atoms with van der Waals surface area (Å²) in [5, 5.41) is 0. The third-order valence-corrected chi connectivity index (χ3v) is 3.60. The Hall–Kier alpha value is -0.940. The Morgan fingerprint density at radius 3 is 2.71 bits per heavy atom. The van der Waals surface area contributed by atoms with Gasteiger partial charge in [0, 0.05) is 33.6 Å². The van der Waals surface area contributed by atoms with Gasteiger partial charge in [0.05, 0.1) is 0 Å². The van der Waals surface area contributed by atoms with E-state index in [1.165, 1.54) is 23.9 Å². The zero-order chi connectivity index (χ0) is 12.3. The first-order valence-electron chi connectivity index (χ1n) is 4.82.